The Morgan fingerprint density at radius 1 is 1.56 bits per heavy atom. The van der Waals surface area contributed by atoms with E-state index < -0.39 is 6.09 Å². The maximum Gasteiger partial charge on any atom is 0.408 e. The van der Waals surface area contributed by atoms with Crippen LogP contribution < -0.4 is 0 Å². The van der Waals surface area contributed by atoms with Crippen molar-refractivity contribution >= 4 is 22.0 Å². The first-order valence-corrected chi connectivity index (χ1v) is 6.15. The fourth-order valence-corrected chi connectivity index (χ4v) is 2.33. The summed E-state index contributed by atoms with van der Waals surface area (Å²) >= 11 is 3.40. The molecule has 0 aliphatic heterocycles. The molecule has 0 radical (unpaired) electrons. The van der Waals surface area contributed by atoms with Gasteiger partial charge in [0, 0.05) is 10.5 Å². The Hall–Kier alpha value is -1.03. The molecule has 0 saturated heterocycles. The first-order chi connectivity index (χ1) is 7.59. The smallest absolute Gasteiger partial charge is 0.408 e. The summed E-state index contributed by atoms with van der Waals surface area (Å²) in [6, 6.07) is 7.95. The van der Waals surface area contributed by atoms with E-state index in [1.54, 1.807) is 4.90 Å². The molecule has 1 fully saturated rings. The lowest BCUT2D eigenvalue weighted by molar-refractivity contribution is 0.124. The normalized spacial score (nSPS) is 16.9. The molecule has 1 atom stereocenters. The Morgan fingerprint density at radius 3 is 2.75 bits per heavy atom. The molecule has 0 heterocycles. The van der Waals surface area contributed by atoms with Gasteiger partial charge < -0.3 is 5.11 Å². The highest BCUT2D eigenvalue weighted by Crippen LogP contribution is 2.34. The molecule has 1 unspecified atom stereocenters. The van der Waals surface area contributed by atoms with Crippen LogP contribution in [0.15, 0.2) is 28.7 Å². The molecule has 1 aromatic rings. The maximum absolute atomic E-state index is 11.2. The lowest BCUT2D eigenvalue weighted by Gasteiger charge is -2.26. The van der Waals surface area contributed by atoms with Gasteiger partial charge in [-0.05, 0) is 37.5 Å². The Kier molecular flexibility index (Phi) is 3.19. The van der Waals surface area contributed by atoms with Crippen LogP contribution in [0.4, 0.5) is 4.79 Å². The molecule has 0 aromatic heterocycles. The molecular weight excluding hydrogens is 270 g/mol. The van der Waals surface area contributed by atoms with Crippen LogP contribution in [-0.2, 0) is 0 Å². The first-order valence-electron chi connectivity index (χ1n) is 5.36. The molecular formula is C12H14BrNO2. The number of rotatable bonds is 3. The Morgan fingerprint density at radius 2 is 2.25 bits per heavy atom. The number of hydrogen-bond donors (Lipinski definition) is 1. The summed E-state index contributed by atoms with van der Waals surface area (Å²) in [4.78, 5) is 12.8. The van der Waals surface area contributed by atoms with E-state index in [4.69, 9.17) is 0 Å². The van der Waals surface area contributed by atoms with Crippen LogP contribution in [0, 0.1) is 0 Å². The molecule has 4 heteroatoms. The standard InChI is InChI=1S/C12H14BrNO2/c1-8(9-3-2-4-10(13)7-9)14(12(15)16)11-5-6-11/h2-4,7-8,11H,5-6H2,1H3,(H,15,16). The molecule has 1 aliphatic carbocycles. The zero-order valence-corrected chi connectivity index (χ0v) is 10.6. The fraction of sp³-hybridized carbons (Fsp3) is 0.417. The summed E-state index contributed by atoms with van der Waals surface area (Å²) in [7, 11) is 0. The predicted molar refractivity (Wildman–Crippen MR) is 65.4 cm³/mol. The molecule has 2 rings (SSSR count). The summed E-state index contributed by atoms with van der Waals surface area (Å²) in [6.45, 7) is 1.94. The lowest BCUT2D eigenvalue weighted by Crippen LogP contribution is -2.34. The highest BCUT2D eigenvalue weighted by molar-refractivity contribution is 9.10. The van der Waals surface area contributed by atoms with Gasteiger partial charge in [-0.25, -0.2) is 4.79 Å². The van der Waals surface area contributed by atoms with Gasteiger partial charge in [0.1, 0.15) is 0 Å². The third-order valence-corrected chi connectivity index (χ3v) is 3.40. The minimum Gasteiger partial charge on any atom is -0.465 e. The summed E-state index contributed by atoms with van der Waals surface area (Å²) in [5, 5.41) is 9.20. The van der Waals surface area contributed by atoms with Gasteiger partial charge in [-0.3, -0.25) is 4.90 Å². The van der Waals surface area contributed by atoms with Crippen LogP contribution in [0.3, 0.4) is 0 Å². The Balaban J connectivity index is 2.22. The third-order valence-electron chi connectivity index (χ3n) is 2.91. The molecule has 0 spiro atoms. The molecule has 16 heavy (non-hydrogen) atoms. The second-order valence-electron chi connectivity index (χ2n) is 4.15. The lowest BCUT2D eigenvalue weighted by atomic mass is 10.1. The van der Waals surface area contributed by atoms with Crippen molar-refractivity contribution in [2.24, 2.45) is 0 Å². The molecule has 1 N–H and O–H groups in total. The van der Waals surface area contributed by atoms with E-state index in [1.807, 2.05) is 31.2 Å². The van der Waals surface area contributed by atoms with Gasteiger partial charge in [-0.2, -0.15) is 0 Å². The van der Waals surface area contributed by atoms with Crippen molar-refractivity contribution in [1.82, 2.24) is 4.90 Å². The first kappa shape index (κ1) is 11.5. The summed E-state index contributed by atoms with van der Waals surface area (Å²) in [6.07, 6.45) is 1.16. The van der Waals surface area contributed by atoms with Crippen molar-refractivity contribution < 1.29 is 9.90 Å². The van der Waals surface area contributed by atoms with Crippen LogP contribution in [0.1, 0.15) is 31.4 Å². The summed E-state index contributed by atoms with van der Waals surface area (Å²) in [5.41, 5.74) is 1.03. The van der Waals surface area contributed by atoms with Gasteiger partial charge >= 0.3 is 6.09 Å². The zero-order chi connectivity index (χ0) is 11.7. The molecule has 1 aromatic carbocycles. The average molecular weight is 284 g/mol. The van der Waals surface area contributed by atoms with Crippen molar-refractivity contribution in [2.75, 3.05) is 0 Å². The molecule has 0 bridgehead atoms. The molecule has 1 saturated carbocycles. The van der Waals surface area contributed by atoms with Crippen molar-refractivity contribution in [1.29, 1.82) is 0 Å². The van der Waals surface area contributed by atoms with Crippen LogP contribution >= 0.6 is 15.9 Å². The minimum absolute atomic E-state index is 0.0810. The van der Waals surface area contributed by atoms with E-state index in [2.05, 4.69) is 15.9 Å². The second kappa shape index (κ2) is 4.45. The number of nitrogens with zero attached hydrogens (tertiary/aromatic N) is 1. The van der Waals surface area contributed by atoms with E-state index >= 15 is 0 Å². The number of carboxylic acid groups (broad SMARTS) is 1. The Labute approximate surface area is 103 Å². The van der Waals surface area contributed by atoms with E-state index in [0.717, 1.165) is 22.9 Å². The van der Waals surface area contributed by atoms with E-state index in [9.17, 15) is 9.90 Å². The number of benzene rings is 1. The number of carbonyl (C=O) groups is 1. The largest absolute Gasteiger partial charge is 0.465 e. The van der Waals surface area contributed by atoms with E-state index in [1.165, 1.54) is 0 Å². The van der Waals surface area contributed by atoms with Crippen LogP contribution in [0.25, 0.3) is 0 Å². The van der Waals surface area contributed by atoms with Gasteiger partial charge in [0.05, 0.1) is 6.04 Å². The summed E-state index contributed by atoms with van der Waals surface area (Å²) in [5.74, 6) is 0. The fourth-order valence-electron chi connectivity index (χ4n) is 1.92. The number of hydrogen-bond acceptors (Lipinski definition) is 1. The minimum atomic E-state index is -0.824. The third kappa shape index (κ3) is 2.38. The van der Waals surface area contributed by atoms with E-state index in [-0.39, 0.29) is 12.1 Å². The average Bonchev–Trinajstić information content (AvgIpc) is 3.01. The number of amides is 1. The topological polar surface area (TPSA) is 40.5 Å². The van der Waals surface area contributed by atoms with Crippen molar-refractivity contribution in [2.45, 2.75) is 31.8 Å². The quantitative estimate of drug-likeness (QED) is 0.920. The second-order valence-corrected chi connectivity index (χ2v) is 5.07. The SMILES string of the molecule is CC(c1cccc(Br)c1)N(C(=O)O)C1CC1. The van der Waals surface area contributed by atoms with Gasteiger partial charge in [-0.1, -0.05) is 28.1 Å². The highest BCUT2D eigenvalue weighted by Gasteiger charge is 2.36. The maximum atomic E-state index is 11.2. The van der Waals surface area contributed by atoms with Crippen molar-refractivity contribution in [3.63, 3.8) is 0 Å². The van der Waals surface area contributed by atoms with Crippen molar-refractivity contribution in [3.8, 4) is 0 Å². The van der Waals surface area contributed by atoms with Crippen molar-refractivity contribution in [3.05, 3.63) is 34.3 Å². The van der Waals surface area contributed by atoms with Crippen LogP contribution in [-0.4, -0.2) is 22.1 Å². The van der Waals surface area contributed by atoms with Gasteiger partial charge in [0.25, 0.3) is 0 Å². The molecule has 1 aliphatic rings. The van der Waals surface area contributed by atoms with Crippen LogP contribution in [0.5, 0.6) is 0 Å². The monoisotopic (exact) mass is 283 g/mol. The van der Waals surface area contributed by atoms with Crippen LogP contribution in [0.2, 0.25) is 0 Å². The van der Waals surface area contributed by atoms with Gasteiger partial charge in [0.2, 0.25) is 0 Å². The molecule has 3 nitrogen and oxygen atoms in total. The summed E-state index contributed by atoms with van der Waals surface area (Å²) < 4.78 is 0.984. The molecule has 86 valence electrons. The Bertz CT molecular complexity index is 404. The predicted octanol–water partition coefficient (Wildman–Crippen LogP) is 3.65. The van der Waals surface area contributed by atoms with E-state index in [0.29, 0.717) is 0 Å². The number of halogens is 1. The van der Waals surface area contributed by atoms with Gasteiger partial charge in [-0.15, -0.1) is 0 Å². The molecule has 1 amide bonds. The highest BCUT2D eigenvalue weighted by atomic mass is 79.9. The zero-order valence-electron chi connectivity index (χ0n) is 9.06. The van der Waals surface area contributed by atoms with Gasteiger partial charge in [0.15, 0.2) is 0 Å².